The van der Waals surface area contributed by atoms with Gasteiger partial charge >= 0.3 is 0 Å². The summed E-state index contributed by atoms with van der Waals surface area (Å²) in [5.74, 6) is 1.30. The minimum atomic E-state index is 0.507. The van der Waals surface area contributed by atoms with Crippen LogP contribution in [0.15, 0.2) is 18.2 Å². The van der Waals surface area contributed by atoms with Crippen LogP contribution in [0.25, 0.3) is 10.9 Å². The predicted molar refractivity (Wildman–Crippen MR) is 75.2 cm³/mol. The molecule has 0 saturated heterocycles. The molecule has 0 spiro atoms. The van der Waals surface area contributed by atoms with Crippen molar-refractivity contribution in [1.29, 1.82) is 0 Å². The van der Waals surface area contributed by atoms with Crippen LogP contribution < -0.4 is 11.5 Å². The summed E-state index contributed by atoms with van der Waals surface area (Å²) >= 11 is 0. The summed E-state index contributed by atoms with van der Waals surface area (Å²) in [6.45, 7) is 1.02. The standard InChI is InChI=1S/C13H19N5/c1-18(2)7-3-4-12-16-11-6-5-9(14)8-10(11)13(15)17-12/h5-6,8H,3-4,7,14H2,1-2H3,(H2,15,16,17). The minimum absolute atomic E-state index is 0.507. The van der Waals surface area contributed by atoms with Crippen molar-refractivity contribution in [3.05, 3.63) is 24.0 Å². The maximum atomic E-state index is 5.94. The van der Waals surface area contributed by atoms with Crippen LogP contribution in [-0.4, -0.2) is 35.5 Å². The quantitative estimate of drug-likeness (QED) is 0.793. The summed E-state index contributed by atoms with van der Waals surface area (Å²) in [6, 6.07) is 5.53. The molecule has 18 heavy (non-hydrogen) atoms. The van der Waals surface area contributed by atoms with Gasteiger partial charge in [-0.1, -0.05) is 0 Å². The maximum Gasteiger partial charge on any atom is 0.135 e. The normalized spacial score (nSPS) is 11.3. The number of aromatic nitrogens is 2. The van der Waals surface area contributed by atoms with Crippen molar-refractivity contribution in [2.24, 2.45) is 0 Å². The number of rotatable bonds is 4. The molecular formula is C13H19N5. The highest BCUT2D eigenvalue weighted by Crippen LogP contribution is 2.20. The number of anilines is 2. The molecule has 0 fully saturated rings. The molecule has 0 aliphatic heterocycles. The van der Waals surface area contributed by atoms with Crippen LogP contribution >= 0.6 is 0 Å². The van der Waals surface area contributed by atoms with E-state index in [1.807, 2.05) is 18.2 Å². The lowest BCUT2D eigenvalue weighted by Crippen LogP contribution is -2.14. The summed E-state index contributed by atoms with van der Waals surface area (Å²) in [4.78, 5) is 11.0. The number of hydrogen-bond donors (Lipinski definition) is 2. The first-order valence-corrected chi connectivity index (χ1v) is 6.02. The van der Waals surface area contributed by atoms with Gasteiger partial charge in [-0.15, -0.1) is 0 Å². The van der Waals surface area contributed by atoms with Crippen molar-refractivity contribution in [2.75, 3.05) is 32.1 Å². The van der Waals surface area contributed by atoms with Gasteiger partial charge in [0.2, 0.25) is 0 Å². The van der Waals surface area contributed by atoms with E-state index in [0.717, 1.165) is 36.1 Å². The summed E-state index contributed by atoms with van der Waals surface area (Å²) in [5, 5.41) is 0.825. The third kappa shape index (κ3) is 2.87. The fourth-order valence-electron chi connectivity index (χ4n) is 1.88. The molecule has 0 aliphatic rings. The fraction of sp³-hybridized carbons (Fsp3) is 0.385. The van der Waals surface area contributed by atoms with Gasteiger partial charge in [-0.05, 0) is 45.3 Å². The highest BCUT2D eigenvalue weighted by atomic mass is 15.0. The van der Waals surface area contributed by atoms with E-state index >= 15 is 0 Å². The third-order valence-electron chi connectivity index (χ3n) is 2.80. The molecule has 2 aromatic rings. The molecule has 1 aromatic carbocycles. The molecule has 0 amide bonds. The summed E-state index contributed by atoms with van der Waals surface area (Å²) in [5.41, 5.74) is 13.2. The van der Waals surface area contributed by atoms with Crippen molar-refractivity contribution in [3.63, 3.8) is 0 Å². The summed E-state index contributed by atoms with van der Waals surface area (Å²) < 4.78 is 0. The van der Waals surface area contributed by atoms with Gasteiger partial charge in [-0.25, -0.2) is 9.97 Å². The van der Waals surface area contributed by atoms with Crippen LogP contribution in [0.3, 0.4) is 0 Å². The first-order chi connectivity index (χ1) is 8.56. The van der Waals surface area contributed by atoms with Gasteiger partial charge in [0, 0.05) is 17.5 Å². The molecule has 4 N–H and O–H groups in total. The van der Waals surface area contributed by atoms with Crippen molar-refractivity contribution >= 4 is 22.4 Å². The maximum absolute atomic E-state index is 5.94. The molecule has 0 saturated carbocycles. The Bertz CT molecular complexity index is 550. The fourth-order valence-corrected chi connectivity index (χ4v) is 1.88. The van der Waals surface area contributed by atoms with Crippen molar-refractivity contribution in [2.45, 2.75) is 12.8 Å². The average molecular weight is 245 g/mol. The Labute approximate surface area is 107 Å². The van der Waals surface area contributed by atoms with E-state index in [2.05, 4.69) is 29.0 Å². The molecule has 1 aromatic heterocycles. The van der Waals surface area contributed by atoms with Crippen molar-refractivity contribution in [3.8, 4) is 0 Å². The number of nitrogens with two attached hydrogens (primary N) is 2. The molecule has 0 unspecified atom stereocenters. The molecule has 96 valence electrons. The number of aryl methyl sites for hydroxylation is 1. The van der Waals surface area contributed by atoms with Crippen LogP contribution in [0.1, 0.15) is 12.2 Å². The molecule has 5 heteroatoms. The second-order valence-electron chi connectivity index (χ2n) is 4.71. The van der Waals surface area contributed by atoms with Gasteiger partial charge in [0.15, 0.2) is 0 Å². The van der Waals surface area contributed by atoms with E-state index in [1.165, 1.54) is 0 Å². The monoisotopic (exact) mass is 245 g/mol. The Balaban J connectivity index is 2.23. The molecule has 0 bridgehead atoms. The number of benzene rings is 1. The highest BCUT2D eigenvalue weighted by Gasteiger charge is 2.05. The second-order valence-corrected chi connectivity index (χ2v) is 4.71. The first-order valence-electron chi connectivity index (χ1n) is 6.02. The van der Waals surface area contributed by atoms with Crippen molar-refractivity contribution in [1.82, 2.24) is 14.9 Å². The lowest BCUT2D eigenvalue weighted by Gasteiger charge is -2.09. The van der Waals surface area contributed by atoms with Gasteiger partial charge in [0.25, 0.3) is 0 Å². The van der Waals surface area contributed by atoms with Gasteiger partial charge in [-0.3, -0.25) is 0 Å². The predicted octanol–water partition coefficient (Wildman–Crippen LogP) is 1.29. The van der Waals surface area contributed by atoms with E-state index in [4.69, 9.17) is 11.5 Å². The molecule has 0 atom stereocenters. The zero-order valence-corrected chi connectivity index (χ0v) is 10.8. The number of hydrogen-bond acceptors (Lipinski definition) is 5. The largest absolute Gasteiger partial charge is 0.399 e. The highest BCUT2D eigenvalue weighted by molar-refractivity contribution is 5.90. The van der Waals surface area contributed by atoms with E-state index in [0.29, 0.717) is 11.5 Å². The van der Waals surface area contributed by atoms with Gasteiger partial charge in [0.05, 0.1) is 5.52 Å². The first kappa shape index (κ1) is 12.6. The van der Waals surface area contributed by atoms with Crippen LogP contribution in [-0.2, 0) is 6.42 Å². The average Bonchev–Trinajstić information content (AvgIpc) is 2.30. The molecule has 2 rings (SSSR count). The van der Waals surface area contributed by atoms with Crippen molar-refractivity contribution < 1.29 is 0 Å². The van der Waals surface area contributed by atoms with Crippen LogP contribution in [0, 0.1) is 0 Å². The van der Waals surface area contributed by atoms with Crippen LogP contribution in [0.2, 0.25) is 0 Å². The number of fused-ring (bicyclic) bond motifs is 1. The second kappa shape index (κ2) is 5.18. The summed E-state index contributed by atoms with van der Waals surface area (Å²) in [7, 11) is 4.11. The van der Waals surface area contributed by atoms with E-state index in [9.17, 15) is 0 Å². The Morgan fingerprint density at radius 1 is 1.17 bits per heavy atom. The van der Waals surface area contributed by atoms with Gasteiger partial charge in [-0.2, -0.15) is 0 Å². The molecule has 1 heterocycles. The van der Waals surface area contributed by atoms with E-state index in [1.54, 1.807) is 0 Å². The third-order valence-corrected chi connectivity index (χ3v) is 2.80. The smallest absolute Gasteiger partial charge is 0.135 e. The summed E-state index contributed by atoms with van der Waals surface area (Å²) in [6.07, 6.45) is 1.86. The molecular weight excluding hydrogens is 226 g/mol. The van der Waals surface area contributed by atoms with Gasteiger partial charge < -0.3 is 16.4 Å². The van der Waals surface area contributed by atoms with E-state index in [-0.39, 0.29) is 0 Å². The molecule has 0 aliphatic carbocycles. The minimum Gasteiger partial charge on any atom is -0.399 e. The number of nitrogen functional groups attached to an aromatic ring is 2. The number of nitrogens with zero attached hydrogens (tertiary/aromatic N) is 3. The Morgan fingerprint density at radius 3 is 2.67 bits per heavy atom. The SMILES string of the molecule is CN(C)CCCc1nc(N)c2cc(N)ccc2n1. The zero-order chi connectivity index (χ0) is 13.1. The lowest BCUT2D eigenvalue weighted by atomic mass is 10.2. The van der Waals surface area contributed by atoms with Crippen LogP contribution in [0.4, 0.5) is 11.5 Å². The molecule has 5 nitrogen and oxygen atoms in total. The zero-order valence-electron chi connectivity index (χ0n) is 10.8. The van der Waals surface area contributed by atoms with Gasteiger partial charge in [0.1, 0.15) is 11.6 Å². The van der Waals surface area contributed by atoms with Crippen LogP contribution in [0.5, 0.6) is 0 Å². The Kier molecular flexibility index (Phi) is 3.62. The Hall–Kier alpha value is -1.88. The molecule has 0 radical (unpaired) electrons. The van der Waals surface area contributed by atoms with E-state index < -0.39 is 0 Å². The lowest BCUT2D eigenvalue weighted by molar-refractivity contribution is 0.399. The Morgan fingerprint density at radius 2 is 1.94 bits per heavy atom. The topological polar surface area (TPSA) is 81.1 Å².